The molecule has 0 spiro atoms. The highest BCUT2D eigenvalue weighted by atomic mass is 16.2. The third-order valence-corrected chi connectivity index (χ3v) is 4.31. The molecule has 28 heavy (non-hydrogen) atoms. The number of hydrazone groups is 1. The van der Waals surface area contributed by atoms with E-state index in [4.69, 9.17) is 0 Å². The predicted octanol–water partition coefficient (Wildman–Crippen LogP) is 2.64. The van der Waals surface area contributed by atoms with Crippen molar-refractivity contribution in [2.45, 2.75) is 19.9 Å². The van der Waals surface area contributed by atoms with Crippen molar-refractivity contribution in [1.82, 2.24) is 15.2 Å². The predicted molar refractivity (Wildman–Crippen MR) is 112 cm³/mol. The molecule has 2 aromatic carbocycles. The number of carbonyl (C=O) groups excluding carboxylic acids is 1. The van der Waals surface area contributed by atoms with Gasteiger partial charge in [-0.05, 0) is 30.2 Å². The summed E-state index contributed by atoms with van der Waals surface area (Å²) in [7, 11) is 3.94. The van der Waals surface area contributed by atoms with Crippen LogP contribution in [0.1, 0.15) is 29.4 Å². The lowest BCUT2D eigenvalue weighted by atomic mass is 10.1. The molecular weight excluding hydrogens is 354 g/mol. The maximum atomic E-state index is 12.7. The van der Waals surface area contributed by atoms with Crippen LogP contribution in [-0.2, 0) is 6.54 Å². The number of rotatable bonds is 6. The molecule has 0 unspecified atom stereocenters. The first-order valence-electron chi connectivity index (χ1n) is 9.12. The van der Waals surface area contributed by atoms with Crippen LogP contribution in [0.25, 0.3) is 10.8 Å². The second-order valence-electron chi connectivity index (χ2n) is 6.61. The molecule has 7 nitrogen and oxygen atoms in total. The highest BCUT2D eigenvalue weighted by Gasteiger charge is 2.15. The van der Waals surface area contributed by atoms with Gasteiger partial charge >= 0.3 is 0 Å². The zero-order valence-electron chi connectivity index (χ0n) is 16.2. The van der Waals surface area contributed by atoms with Gasteiger partial charge in [-0.2, -0.15) is 10.2 Å². The van der Waals surface area contributed by atoms with E-state index >= 15 is 0 Å². The Labute approximate surface area is 163 Å². The first-order valence-corrected chi connectivity index (χ1v) is 9.12. The smallest absolute Gasteiger partial charge is 0.292 e. The molecule has 0 bridgehead atoms. The molecule has 1 heterocycles. The normalized spacial score (nSPS) is 11.1. The van der Waals surface area contributed by atoms with E-state index in [-0.39, 0.29) is 11.3 Å². The Hall–Kier alpha value is -3.48. The number of hydrogen-bond acceptors (Lipinski definition) is 5. The van der Waals surface area contributed by atoms with Crippen molar-refractivity contribution in [3.8, 4) is 0 Å². The summed E-state index contributed by atoms with van der Waals surface area (Å²) >= 11 is 0. The van der Waals surface area contributed by atoms with Gasteiger partial charge in [-0.3, -0.25) is 9.59 Å². The van der Waals surface area contributed by atoms with E-state index in [2.05, 4.69) is 15.6 Å². The van der Waals surface area contributed by atoms with E-state index in [1.165, 1.54) is 4.68 Å². The van der Waals surface area contributed by atoms with Crippen molar-refractivity contribution in [2.75, 3.05) is 19.0 Å². The fourth-order valence-electron chi connectivity index (χ4n) is 2.84. The van der Waals surface area contributed by atoms with Crippen molar-refractivity contribution in [3.63, 3.8) is 0 Å². The Kier molecular flexibility index (Phi) is 5.84. The molecule has 0 fully saturated rings. The molecule has 0 aliphatic carbocycles. The molecule has 1 aromatic heterocycles. The summed E-state index contributed by atoms with van der Waals surface area (Å²) in [5.74, 6) is -0.456. The Morgan fingerprint density at radius 2 is 1.82 bits per heavy atom. The number of fused-ring (bicyclic) bond motifs is 1. The van der Waals surface area contributed by atoms with Gasteiger partial charge in [-0.1, -0.05) is 37.3 Å². The minimum absolute atomic E-state index is 0.184. The van der Waals surface area contributed by atoms with Crippen LogP contribution in [0.2, 0.25) is 0 Å². The standard InChI is InChI=1S/C21H23N5O2/c1-4-13-26-21(28)18-8-6-5-7-17(18)19(24-26)20(27)23-22-14-15-9-11-16(12-10-15)25(2)3/h5-12,14H,4,13H2,1-3H3,(H,23,27)/b22-14+. The van der Waals surface area contributed by atoms with E-state index < -0.39 is 5.91 Å². The van der Waals surface area contributed by atoms with Gasteiger partial charge in [0.1, 0.15) is 0 Å². The summed E-state index contributed by atoms with van der Waals surface area (Å²) < 4.78 is 1.33. The average Bonchev–Trinajstić information content (AvgIpc) is 2.70. The first-order chi connectivity index (χ1) is 13.5. The third-order valence-electron chi connectivity index (χ3n) is 4.31. The molecule has 0 aliphatic rings. The number of hydrogen-bond donors (Lipinski definition) is 1. The summed E-state index contributed by atoms with van der Waals surface area (Å²) in [5, 5.41) is 9.28. The molecule has 3 aromatic rings. The Balaban J connectivity index is 1.85. The minimum Gasteiger partial charge on any atom is -0.378 e. The van der Waals surface area contributed by atoms with Crippen molar-refractivity contribution in [1.29, 1.82) is 0 Å². The SMILES string of the molecule is CCCn1nc(C(=O)N/N=C/c2ccc(N(C)C)cc2)c2ccccc2c1=O. The molecule has 1 amide bonds. The number of anilines is 1. The van der Waals surface area contributed by atoms with Crippen LogP contribution in [0.5, 0.6) is 0 Å². The van der Waals surface area contributed by atoms with Crippen LogP contribution in [0.3, 0.4) is 0 Å². The maximum absolute atomic E-state index is 12.7. The molecule has 0 aliphatic heterocycles. The van der Waals surface area contributed by atoms with E-state index in [9.17, 15) is 9.59 Å². The number of nitrogens with one attached hydrogen (secondary N) is 1. The maximum Gasteiger partial charge on any atom is 0.292 e. The number of carbonyl (C=O) groups is 1. The van der Waals surface area contributed by atoms with E-state index in [0.29, 0.717) is 17.3 Å². The highest BCUT2D eigenvalue weighted by molar-refractivity contribution is 6.04. The summed E-state index contributed by atoms with van der Waals surface area (Å²) in [6.45, 7) is 2.40. The van der Waals surface area contributed by atoms with Gasteiger partial charge in [-0.15, -0.1) is 0 Å². The number of aromatic nitrogens is 2. The molecule has 0 radical (unpaired) electrons. The number of aryl methyl sites for hydroxylation is 1. The van der Waals surface area contributed by atoms with Gasteiger partial charge in [-0.25, -0.2) is 10.1 Å². The van der Waals surface area contributed by atoms with Crippen LogP contribution in [0.4, 0.5) is 5.69 Å². The summed E-state index contributed by atoms with van der Waals surface area (Å²) in [5.41, 5.74) is 4.44. The summed E-state index contributed by atoms with van der Waals surface area (Å²) in [4.78, 5) is 27.2. The van der Waals surface area contributed by atoms with E-state index in [1.807, 2.05) is 50.2 Å². The molecule has 0 atom stereocenters. The summed E-state index contributed by atoms with van der Waals surface area (Å²) in [6, 6.07) is 14.8. The fraction of sp³-hybridized carbons (Fsp3) is 0.238. The summed E-state index contributed by atoms with van der Waals surface area (Å²) in [6.07, 6.45) is 2.31. The first kappa shape index (κ1) is 19.3. The van der Waals surface area contributed by atoms with Crippen LogP contribution in [0.15, 0.2) is 58.4 Å². The van der Waals surface area contributed by atoms with Gasteiger partial charge in [0.15, 0.2) is 5.69 Å². The largest absolute Gasteiger partial charge is 0.378 e. The molecule has 0 saturated heterocycles. The quantitative estimate of drug-likeness (QED) is 0.529. The lowest BCUT2D eigenvalue weighted by Crippen LogP contribution is -2.29. The lowest BCUT2D eigenvalue weighted by Gasteiger charge is -2.11. The lowest BCUT2D eigenvalue weighted by molar-refractivity contribution is 0.0949. The van der Waals surface area contributed by atoms with Gasteiger partial charge in [0, 0.05) is 31.7 Å². The minimum atomic E-state index is -0.456. The molecular formula is C21H23N5O2. The van der Waals surface area contributed by atoms with Gasteiger partial charge in [0.2, 0.25) is 0 Å². The Morgan fingerprint density at radius 3 is 2.46 bits per heavy atom. The highest BCUT2D eigenvalue weighted by Crippen LogP contribution is 2.14. The van der Waals surface area contributed by atoms with Gasteiger partial charge < -0.3 is 4.90 Å². The van der Waals surface area contributed by atoms with Crippen molar-refractivity contribution < 1.29 is 4.79 Å². The molecule has 1 N–H and O–H groups in total. The van der Waals surface area contributed by atoms with Crippen LogP contribution in [-0.4, -0.2) is 36.0 Å². The van der Waals surface area contributed by atoms with Crippen molar-refractivity contribution in [2.24, 2.45) is 5.10 Å². The fourth-order valence-corrected chi connectivity index (χ4v) is 2.84. The topological polar surface area (TPSA) is 79.6 Å². The zero-order valence-corrected chi connectivity index (χ0v) is 16.2. The molecule has 3 rings (SSSR count). The average molecular weight is 377 g/mol. The Morgan fingerprint density at radius 1 is 1.14 bits per heavy atom. The number of nitrogens with zero attached hydrogens (tertiary/aromatic N) is 4. The number of amides is 1. The van der Waals surface area contributed by atoms with Crippen LogP contribution >= 0.6 is 0 Å². The second kappa shape index (κ2) is 8.47. The molecule has 144 valence electrons. The van der Waals surface area contributed by atoms with Gasteiger partial charge in [0.25, 0.3) is 11.5 Å². The molecule has 0 saturated carbocycles. The van der Waals surface area contributed by atoms with E-state index in [1.54, 1.807) is 30.5 Å². The molecule has 7 heteroatoms. The van der Waals surface area contributed by atoms with Crippen LogP contribution < -0.4 is 15.9 Å². The monoisotopic (exact) mass is 377 g/mol. The second-order valence-corrected chi connectivity index (χ2v) is 6.61. The van der Waals surface area contributed by atoms with Gasteiger partial charge in [0.05, 0.1) is 11.6 Å². The number of benzene rings is 2. The third kappa shape index (κ3) is 4.09. The zero-order chi connectivity index (χ0) is 20.1. The van der Waals surface area contributed by atoms with E-state index in [0.717, 1.165) is 17.7 Å². The van der Waals surface area contributed by atoms with Crippen molar-refractivity contribution >= 4 is 28.6 Å². The van der Waals surface area contributed by atoms with Crippen molar-refractivity contribution in [3.05, 3.63) is 70.1 Å². The Bertz CT molecular complexity index is 1070. The van der Waals surface area contributed by atoms with Crippen LogP contribution in [0, 0.1) is 0 Å².